The van der Waals surface area contributed by atoms with Crippen molar-refractivity contribution in [3.05, 3.63) is 53.9 Å². The summed E-state index contributed by atoms with van der Waals surface area (Å²) in [4.78, 5) is 27.2. The van der Waals surface area contributed by atoms with Gasteiger partial charge in [-0.2, -0.15) is 5.10 Å². The minimum absolute atomic E-state index is 0.0984. The molecule has 0 fully saturated rings. The molecule has 0 aliphatic carbocycles. The number of amides is 2. The molecule has 8 nitrogen and oxygen atoms in total. The van der Waals surface area contributed by atoms with Crippen molar-refractivity contribution in [3.63, 3.8) is 0 Å². The third-order valence-electron chi connectivity index (χ3n) is 3.22. The average Bonchev–Trinajstić information content (AvgIpc) is 2.67. The van der Waals surface area contributed by atoms with Crippen LogP contribution in [0.5, 0.6) is 11.5 Å². The summed E-state index contributed by atoms with van der Waals surface area (Å²) in [5, 5.41) is 6.55. The molecule has 2 N–H and O–H groups in total. The van der Waals surface area contributed by atoms with Gasteiger partial charge < -0.3 is 14.8 Å². The Morgan fingerprint density at radius 3 is 2.81 bits per heavy atom. The maximum absolute atomic E-state index is 11.9. The van der Waals surface area contributed by atoms with E-state index >= 15 is 0 Å². The Hall–Kier alpha value is -3.42. The van der Waals surface area contributed by atoms with E-state index in [0.29, 0.717) is 29.2 Å². The molecule has 0 saturated carbocycles. The van der Waals surface area contributed by atoms with E-state index in [1.807, 2.05) is 6.92 Å². The zero-order chi connectivity index (χ0) is 18.8. The zero-order valence-electron chi connectivity index (χ0n) is 14.6. The number of nitrogens with zero attached hydrogens (tertiary/aromatic N) is 2. The summed E-state index contributed by atoms with van der Waals surface area (Å²) in [6.45, 7) is 2.28. The van der Waals surface area contributed by atoms with Crippen LogP contribution >= 0.6 is 0 Å². The van der Waals surface area contributed by atoms with Crippen molar-refractivity contribution in [3.8, 4) is 11.5 Å². The fourth-order valence-electron chi connectivity index (χ4n) is 2.00. The van der Waals surface area contributed by atoms with Crippen molar-refractivity contribution in [1.29, 1.82) is 0 Å². The van der Waals surface area contributed by atoms with Gasteiger partial charge in [-0.1, -0.05) is 0 Å². The first kappa shape index (κ1) is 18.9. The number of nitrogens with one attached hydrogen (secondary N) is 2. The van der Waals surface area contributed by atoms with Crippen LogP contribution in [0.2, 0.25) is 0 Å². The zero-order valence-corrected chi connectivity index (χ0v) is 14.6. The molecule has 2 rings (SSSR count). The molecule has 1 aromatic carbocycles. The number of pyridine rings is 1. The summed E-state index contributed by atoms with van der Waals surface area (Å²) >= 11 is 0. The minimum atomic E-state index is -0.358. The topological polar surface area (TPSA) is 102 Å². The van der Waals surface area contributed by atoms with Crippen LogP contribution in [-0.4, -0.2) is 43.3 Å². The van der Waals surface area contributed by atoms with Gasteiger partial charge in [0.05, 0.1) is 18.9 Å². The predicted molar refractivity (Wildman–Crippen MR) is 96.5 cm³/mol. The monoisotopic (exact) mass is 356 g/mol. The number of hydrogen-bond donors (Lipinski definition) is 2. The number of hydrogen-bond acceptors (Lipinski definition) is 6. The largest absolute Gasteiger partial charge is 0.493 e. The molecule has 0 aliphatic heterocycles. The Bertz CT molecular complexity index is 778. The predicted octanol–water partition coefficient (Wildman–Crippen LogP) is 1.37. The minimum Gasteiger partial charge on any atom is -0.493 e. The first-order valence-corrected chi connectivity index (χ1v) is 7.95. The molecule has 0 bridgehead atoms. The van der Waals surface area contributed by atoms with Gasteiger partial charge in [0.25, 0.3) is 11.8 Å². The molecule has 1 heterocycles. The van der Waals surface area contributed by atoms with E-state index < -0.39 is 0 Å². The first-order valence-electron chi connectivity index (χ1n) is 7.95. The standard InChI is InChI=1S/C18H20N4O4/c1-3-20-17(23)12-26-15-7-6-13(9-16(15)25-2)10-21-22-18(24)14-5-4-8-19-11-14/h4-11H,3,12H2,1-2H3,(H,20,23)(H,22,24)/b21-10-. The van der Waals surface area contributed by atoms with Crippen molar-refractivity contribution < 1.29 is 19.1 Å². The molecule has 0 unspecified atom stereocenters. The van der Waals surface area contributed by atoms with Gasteiger partial charge >= 0.3 is 0 Å². The molecule has 0 radical (unpaired) electrons. The van der Waals surface area contributed by atoms with Gasteiger partial charge in [-0.3, -0.25) is 14.6 Å². The summed E-state index contributed by atoms with van der Waals surface area (Å²) in [6.07, 6.45) is 4.51. The molecule has 0 atom stereocenters. The summed E-state index contributed by atoms with van der Waals surface area (Å²) in [5.41, 5.74) is 3.53. The molecule has 0 spiro atoms. The van der Waals surface area contributed by atoms with Gasteiger partial charge in [-0.25, -0.2) is 5.43 Å². The summed E-state index contributed by atoms with van der Waals surface area (Å²) in [5.74, 6) is 0.327. The van der Waals surface area contributed by atoms with E-state index in [0.717, 1.165) is 0 Å². The molecule has 0 saturated heterocycles. The van der Waals surface area contributed by atoms with Gasteiger partial charge in [0.15, 0.2) is 18.1 Å². The van der Waals surface area contributed by atoms with Gasteiger partial charge in [-0.05, 0) is 42.8 Å². The normalized spacial score (nSPS) is 10.4. The highest BCUT2D eigenvalue weighted by atomic mass is 16.5. The SMILES string of the molecule is CCNC(=O)COc1ccc(/C=N\NC(=O)c2cccnc2)cc1OC. The number of hydrazone groups is 1. The van der Waals surface area contributed by atoms with Crippen LogP contribution < -0.4 is 20.2 Å². The fraction of sp³-hybridized carbons (Fsp3) is 0.222. The maximum atomic E-state index is 11.9. The van der Waals surface area contributed by atoms with Gasteiger partial charge in [-0.15, -0.1) is 0 Å². The van der Waals surface area contributed by atoms with E-state index in [1.54, 1.807) is 36.5 Å². The van der Waals surface area contributed by atoms with Crippen molar-refractivity contribution >= 4 is 18.0 Å². The Morgan fingerprint density at radius 2 is 2.12 bits per heavy atom. The van der Waals surface area contributed by atoms with Crippen LogP contribution in [0.1, 0.15) is 22.8 Å². The lowest BCUT2D eigenvalue weighted by molar-refractivity contribution is -0.123. The van der Waals surface area contributed by atoms with Crippen LogP contribution in [0.25, 0.3) is 0 Å². The molecule has 136 valence electrons. The van der Waals surface area contributed by atoms with Crippen LogP contribution in [0, 0.1) is 0 Å². The number of carbonyl (C=O) groups excluding carboxylic acids is 2. The first-order chi connectivity index (χ1) is 12.6. The molecule has 26 heavy (non-hydrogen) atoms. The molecule has 1 aromatic heterocycles. The van der Waals surface area contributed by atoms with Gasteiger partial charge in [0.1, 0.15) is 0 Å². The lowest BCUT2D eigenvalue weighted by atomic mass is 10.2. The van der Waals surface area contributed by atoms with Crippen LogP contribution in [0.15, 0.2) is 47.8 Å². The maximum Gasteiger partial charge on any atom is 0.272 e. The van der Waals surface area contributed by atoms with Gasteiger partial charge in [0, 0.05) is 18.9 Å². The molecule has 2 aromatic rings. The summed E-state index contributed by atoms with van der Waals surface area (Å²) < 4.78 is 10.7. The molecular weight excluding hydrogens is 336 g/mol. The van der Waals surface area contributed by atoms with Gasteiger partial charge in [0.2, 0.25) is 0 Å². The van der Waals surface area contributed by atoms with Crippen LogP contribution in [0.4, 0.5) is 0 Å². The quantitative estimate of drug-likeness (QED) is 0.549. The number of rotatable bonds is 8. The number of carbonyl (C=O) groups is 2. The number of aromatic nitrogens is 1. The second-order valence-electron chi connectivity index (χ2n) is 5.09. The van der Waals surface area contributed by atoms with E-state index in [4.69, 9.17) is 9.47 Å². The van der Waals surface area contributed by atoms with Crippen molar-refractivity contribution in [2.45, 2.75) is 6.92 Å². The van der Waals surface area contributed by atoms with E-state index in [9.17, 15) is 9.59 Å². The third-order valence-corrected chi connectivity index (χ3v) is 3.22. The second kappa shape index (κ2) is 9.77. The highest BCUT2D eigenvalue weighted by Gasteiger charge is 2.08. The Labute approximate surface area is 151 Å². The second-order valence-corrected chi connectivity index (χ2v) is 5.09. The van der Waals surface area contributed by atoms with E-state index in [-0.39, 0.29) is 18.4 Å². The third kappa shape index (κ3) is 5.59. The summed E-state index contributed by atoms with van der Waals surface area (Å²) in [6, 6.07) is 8.40. The van der Waals surface area contributed by atoms with E-state index in [1.165, 1.54) is 19.5 Å². The Morgan fingerprint density at radius 1 is 1.27 bits per heavy atom. The molecule has 0 aliphatic rings. The smallest absolute Gasteiger partial charge is 0.272 e. The number of methoxy groups -OCH3 is 1. The number of likely N-dealkylation sites (N-methyl/N-ethyl adjacent to an activating group) is 1. The van der Waals surface area contributed by atoms with E-state index in [2.05, 4.69) is 20.8 Å². The summed E-state index contributed by atoms with van der Waals surface area (Å²) in [7, 11) is 1.50. The highest BCUT2D eigenvalue weighted by molar-refractivity contribution is 5.94. The lowest BCUT2D eigenvalue weighted by Gasteiger charge is -2.11. The van der Waals surface area contributed by atoms with Crippen molar-refractivity contribution in [1.82, 2.24) is 15.7 Å². The fourth-order valence-corrected chi connectivity index (χ4v) is 2.00. The van der Waals surface area contributed by atoms with Crippen LogP contribution in [0.3, 0.4) is 0 Å². The molecule has 8 heteroatoms. The molecular formula is C18H20N4O4. The van der Waals surface area contributed by atoms with Crippen molar-refractivity contribution in [2.75, 3.05) is 20.3 Å². The number of benzene rings is 1. The number of ether oxygens (including phenoxy) is 2. The van der Waals surface area contributed by atoms with Crippen LogP contribution in [-0.2, 0) is 4.79 Å². The lowest BCUT2D eigenvalue weighted by Crippen LogP contribution is -2.28. The Balaban J connectivity index is 1.97. The van der Waals surface area contributed by atoms with Crippen molar-refractivity contribution in [2.24, 2.45) is 5.10 Å². The highest BCUT2D eigenvalue weighted by Crippen LogP contribution is 2.27. The average molecular weight is 356 g/mol. The molecule has 2 amide bonds. The Kier molecular flexibility index (Phi) is 7.11.